The zero-order valence-electron chi connectivity index (χ0n) is 12.9. The molecule has 0 radical (unpaired) electrons. The first-order chi connectivity index (χ1) is 9.79. The maximum Gasteiger partial charge on any atom is 0.122 e. The molecule has 1 heterocycles. The van der Waals surface area contributed by atoms with Gasteiger partial charge in [0.1, 0.15) is 5.75 Å². The minimum atomic E-state index is 0.803. The van der Waals surface area contributed by atoms with Crippen LogP contribution in [0.4, 0.5) is 0 Å². The van der Waals surface area contributed by atoms with E-state index in [9.17, 15) is 0 Å². The monoisotopic (exact) mass is 277 g/mol. The molecule has 112 valence electrons. The summed E-state index contributed by atoms with van der Waals surface area (Å²) in [6.45, 7) is 10.2. The van der Waals surface area contributed by atoms with Gasteiger partial charge in [0.2, 0.25) is 0 Å². The third-order valence-corrected chi connectivity index (χ3v) is 3.74. The molecule has 0 unspecified atom stereocenters. The fraction of sp³-hybridized carbons (Fsp3) is 0.647. The van der Waals surface area contributed by atoms with E-state index in [2.05, 4.69) is 36.9 Å². The van der Waals surface area contributed by atoms with Crippen molar-refractivity contribution in [1.82, 2.24) is 4.90 Å². The zero-order valence-corrected chi connectivity index (χ0v) is 12.9. The lowest BCUT2D eigenvalue weighted by atomic mass is 10.1. The van der Waals surface area contributed by atoms with Crippen LogP contribution < -0.4 is 4.74 Å². The van der Waals surface area contributed by atoms with Crippen LogP contribution in [0.25, 0.3) is 0 Å². The largest absolute Gasteiger partial charge is 0.493 e. The summed E-state index contributed by atoms with van der Waals surface area (Å²) in [6.07, 6.45) is 3.42. The molecule has 0 bridgehead atoms. The van der Waals surface area contributed by atoms with Crippen molar-refractivity contribution >= 4 is 0 Å². The Morgan fingerprint density at radius 3 is 2.75 bits per heavy atom. The van der Waals surface area contributed by atoms with E-state index < -0.39 is 0 Å². The second-order valence-electron chi connectivity index (χ2n) is 5.51. The summed E-state index contributed by atoms with van der Waals surface area (Å²) in [6, 6.07) is 6.59. The maximum absolute atomic E-state index is 5.72. The standard InChI is InChI=1S/C17H27NO2/c1-3-11-20-17-7-6-16(14-15(17)2)5-4-8-18-9-12-19-13-10-18/h6-7,14H,3-5,8-13H2,1-2H3. The Balaban J connectivity index is 1.76. The molecule has 0 aliphatic carbocycles. The molecule has 1 aromatic carbocycles. The number of ether oxygens (including phenoxy) is 2. The van der Waals surface area contributed by atoms with E-state index in [1.807, 2.05) is 0 Å². The van der Waals surface area contributed by atoms with Gasteiger partial charge in [-0.25, -0.2) is 0 Å². The van der Waals surface area contributed by atoms with Gasteiger partial charge in [-0.2, -0.15) is 0 Å². The Bertz CT molecular complexity index is 400. The fourth-order valence-corrected chi connectivity index (χ4v) is 2.57. The zero-order chi connectivity index (χ0) is 14.2. The van der Waals surface area contributed by atoms with E-state index >= 15 is 0 Å². The van der Waals surface area contributed by atoms with Gasteiger partial charge in [-0.1, -0.05) is 19.1 Å². The lowest BCUT2D eigenvalue weighted by Gasteiger charge is -2.26. The molecule has 20 heavy (non-hydrogen) atoms. The van der Waals surface area contributed by atoms with Crippen molar-refractivity contribution in [3.63, 3.8) is 0 Å². The highest BCUT2D eigenvalue weighted by molar-refractivity contribution is 5.36. The first-order valence-corrected chi connectivity index (χ1v) is 7.82. The Labute approximate surface area is 122 Å². The molecule has 0 amide bonds. The summed E-state index contributed by atoms with van der Waals surface area (Å²) in [5.74, 6) is 1.03. The molecule has 0 atom stereocenters. The number of rotatable bonds is 7. The smallest absolute Gasteiger partial charge is 0.122 e. The molecule has 0 spiro atoms. The average molecular weight is 277 g/mol. The summed E-state index contributed by atoms with van der Waals surface area (Å²) in [5.41, 5.74) is 2.67. The van der Waals surface area contributed by atoms with E-state index in [0.29, 0.717) is 0 Å². The Kier molecular flexibility index (Phi) is 6.34. The quantitative estimate of drug-likeness (QED) is 0.764. The minimum Gasteiger partial charge on any atom is -0.493 e. The molecule has 0 N–H and O–H groups in total. The van der Waals surface area contributed by atoms with Crippen LogP contribution in [0.5, 0.6) is 5.75 Å². The van der Waals surface area contributed by atoms with Crippen molar-refractivity contribution in [2.45, 2.75) is 33.1 Å². The molecular weight excluding hydrogens is 250 g/mol. The maximum atomic E-state index is 5.72. The topological polar surface area (TPSA) is 21.7 Å². The summed E-state index contributed by atoms with van der Waals surface area (Å²) in [5, 5.41) is 0. The molecule has 1 aliphatic heterocycles. The molecule has 2 rings (SSSR count). The fourth-order valence-electron chi connectivity index (χ4n) is 2.57. The Morgan fingerprint density at radius 2 is 2.05 bits per heavy atom. The van der Waals surface area contributed by atoms with Crippen molar-refractivity contribution < 1.29 is 9.47 Å². The Hall–Kier alpha value is -1.06. The second kappa shape index (κ2) is 8.28. The molecule has 1 aliphatic rings. The highest BCUT2D eigenvalue weighted by Gasteiger charge is 2.09. The Morgan fingerprint density at radius 1 is 1.25 bits per heavy atom. The van der Waals surface area contributed by atoms with Crippen LogP contribution in [-0.2, 0) is 11.2 Å². The summed E-state index contributed by atoms with van der Waals surface area (Å²) >= 11 is 0. The van der Waals surface area contributed by atoms with Crippen molar-refractivity contribution in [1.29, 1.82) is 0 Å². The highest BCUT2D eigenvalue weighted by atomic mass is 16.5. The third-order valence-electron chi connectivity index (χ3n) is 3.74. The summed E-state index contributed by atoms with van der Waals surface area (Å²) < 4.78 is 11.1. The van der Waals surface area contributed by atoms with Crippen LogP contribution >= 0.6 is 0 Å². The molecule has 1 fully saturated rings. The number of aryl methyl sites for hydroxylation is 2. The first-order valence-electron chi connectivity index (χ1n) is 7.82. The third kappa shape index (κ3) is 4.80. The van der Waals surface area contributed by atoms with Crippen molar-refractivity contribution in [2.75, 3.05) is 39.5 Å². The van der Waals surface area contributed by atoms with Gasteiger partial charge in [0.05, 0.1) is 19.8 Å². The van der Waals surface area contributed by atoms with Gasteiger partial charge in [0.15, 0.2) is 0 Å². The molecule has 0 saturated carbocycles. The van der Waals surface area contributed by atoms with E-state index in [1.165, 1.54) is 24.1 Å². The van der Waals surface area contributed by atoms with Crippen LogP contribution in [0.15, 0.2) is 18.2 Å². The predicted molar refractivity (Wildman–Crippen MR) is 82.5 cm³/mol. The molecule has 1 aromatic rings. The van der Waals surface area contributed by atoms with Crippen LogP contribution in [0.2, 0.25) is 0 Å². The van der Waals surface area contributed by atoms with Crippen LogP contribution in [0, 0.1) is 6.92 Å². The first kappa shape index (κ1) is 15.3. The number of hydrogen-bond acceptors (Lipinski definition) is 3. The van der Waals surface area contributed by atoms with Gasteiger partial charge in [0, 0.05) is 13.1 Å². The van der Waals surface area contributed by atoms with Gasteiger partial charge in [-0.15, -0.1) is 0 Å². The molecule has 3 nitrogen and oxygen atoms in total. The highest BCUT2D eigenvalue weighted by Crippen LogP contribution is 2.20. The lowest BCUT2D eigenvalue weighted by Crippen LogP contribution is -2.36. The van der Waals surface area contributed by atoms with Gasteiger partial charge >= 0.3 is 0 Å². The van der Waals surface area contributed by atoms with E-state index in [4.69, 9.17) is 9.47 Å². The molecular formula is C17H27NO2. The number of hydrogen-bond donors (Lipinski definition) is 0. The summed E-state index contributed by atoms with van der Waals surface area (Å²) in [7, 11) is 0. The number of nitrogens with zero attached hydrogens (tertiary/aromatic N) is 1. The van der Waals surface area contributed by atoms with Crippen LogP contribution in [0.1, 0.15) is 30.9 Å². The normalized spacial score (nSPS) is 16.3. The van der Waals surface area contributed by atoms with Crippen molar-refractivity contribution in [2.24, 2.45) is 0 Å². The average Bonchev–Trinajstić information content (AvgIpc) is 2.47. The number of benzene rings is 1. The van der Waals surface area contributed by atoms with Gasteiger partial charge in [-0.05, 0) is 49.9 Å². The lowest BCUT2D eigenvalue weighted by molar-refractivity contribution is 0.0374. The van der Waals surface area contributed by atoms with E-state index in [0.717, 1.165) is 51.5 Å². The van der Waals surface area contributed by atoms with E-state index in [1.54, 1.807) is 0 Å². The number of morpholine rings is 1. The van der Waals surface area contributed by atoms with Gasteiger partial charge in [0.25, 0.3) is 0 Å². The molecule has 0 aromatic heterocycles. The SMILES string of the molecule is CCCOc1ccc(CCCN2CCOCC2)cc1C. The second-order valence-corrected chi connectivity index (χ2v) is 5.51. The van der Waals surface area contributed by atoms with Crippen molar-refractivity contribution in [3.8, 4) is 5.75 Å². The van der Waals surface area contributed by atoms with Crippen LogP contribution in [-0.4, -0.2) is 44.4 Å². The van der Waals surface area contributed by atoms with Crippen LogP contribution in [0.3, 0.4) is 0 Å². The summed E-state index contributed by atoms with van der Waals surface area (Å²) in [4.78, 5) is 2.50. The molecule has 3 heteroatoms. The van der Waals surface area contributed by atoms with Gasteiger partial charge in [-0.3, -0.25) is 4.90 Å². The predicted octanol–water partition coefficient (Wildman–Crippen LogP) is 3.05. The molecule has 1 saturated heterocycles. The van der Waals surface area contributed by atoms with Crippen molar-refractivity contribution in [3.05, 3.63) is 29.3 Å². The van der Waals surface area contributed by atoms with E-state index in [-0.39, 0.29) is 0 Å². The van der Waals surface area contributed by atoms with Gasteiger partial charge < -0.3 is 9.47 Å². The minimum absolute atomic E-state index is 0.803.